The van der Waals surface area contributed by atoms with Crippen LogP contribution in [0.4, 0.5) is 26.3 Å². The molecule has 0 aliphatic heterocycles. The van der Waals surface area contributed by atoms with Crippen molar-refractivity contribution in [2.24, 2.45) is 0 Å². The average Bonchev–Trinajstić information content (AvgIpc) is 2.24. The molecule has 0 radical (unpaired) electrons. The minimum absolute atomic E-state index is 0.288. The van der Waals surface area contributed by atoms with Gasteiger partial charge in [-0.05, 0) is 6.07 Å². The van der Waals surface area contributed by atoms with E-state index in [0.29, 0.717) is 0 Å². The molecule has 1 rings (SSSR count). The number of alkyl halides is 6. The summed E-state index contributed by atoms with van der Waals surface area (Å²) < 4.78 is 82.0. The largest absolute Gasteiger partial charge is 0.573 e. The summed E-state index contributed by atoms with van der Waals surface area (Å²) in [4.78, 5) is 13.4. The van der Waals surface area contributed by atoms with Crippen LogP contribution in [0.3, 0.4) is 0 Å². The zero-order valence-corrected chi connectivity index (χ0v) is 10.2. The molecule has 1 aromatic rings. The first kappa shape index (κ1) is 16.9. The lowest BCUT2D eigenvalue weighted by Gasteiger charge is -2.17. The van der Waals surface area contributed by atoms with E-state index in [2.05, 4.69) is 14.5 Å². The predicted octanol–water partition coefficient (Wildman–Crippen LogP) is 2.63. The summed E-state index contributed by atoms with van der Waals surface area (Å²) in [5.74, 6) is -3.89. The highest BCUT2D eigenvalue weighted by atomic mass is 19.4. The number of carbonyl (C=O) groups is 1. The van der Waals surface area contributed by atoms with Gasteiger partial charge in [-0.1, -0.05) is 0 Å². The summed E-state index contributed by atoms with van der Waals surface area (Å²) in [5, 5.41) is 8.57. The van der Waals surface area contributed by atoms with Crippen LogP contribution in [0.25, 0.3) is 0 Å². The lowest BCUT2D eigenvalue weighted by molar-refractivity contribution is -0.276. The van der Waals surface area contributed by atoms with Crippen molar-refractivity contribution in [3.63, 3.8) is 0 Å². The Labute approximate surface area is 113 Å². The second-order valence-electron chi connectivity index (χ2n) is 3.62. The van der Waals surface area contributed by atoms with Crippen LogP contribution >= 0.6 is 0 Å². The van der Waals surface area contributed by atoms with Crippen molar-refractivity contribution in [1.82, 2.24) is 4.98 Å². The first-order valence-electron chi connectivity index (χ1n) is 5.06. The van der Waals surface area contributed by atoms with E-state index in [9.17, 15) is 31.1 Å². The van der Waals surface area contributed by atoms with E-state index in [1.807, 2.05) is 0 Å². The van der Waals surface area contributed by atoms with Gasteiger partial charge < -0.3 is 14.6 Å². The molecule has 0 amide bonds. The fraction of sp³-hybridized carbons (Fsp3) is 0.400. The maximum atomic E-state index is 12.7. The summed E-state index contributed by atoms with van der Waals surface area (Å²) in [6.07, 6.45) is -11.5. The van der Waals surface area contributed by atoms with Gasteiger partial charge in [0.25, 0.3) is 0 Å². The van der Waals surface area contributed by atoms with Crippen LogP contribution in [0.5, 0.6) is 11.6 Å². The Bertz CT molecular complexity index is 540. The van der Waals surface area contributed by atoms with Crippen molar-refractivity contribution >= 4 is 5.97 Å². The van der Waals surface area contributed by atoms with Crippen LogP contribution in [-0.2, 0) is 17.4 Å². The van der Waals surface area contributed by atoms with Gasteiger partial charge in [-0.15, -0.1) is 13.2 Å². The van der Waals surface area contributed by atoms with Gasteiger partial charge >= 0.3 is 18.5 Å². The summed E-state index contributed by atoms with van der Waals surface area (Å²) in [6.45, 7) is 0. The van der Waals surface area contributed by atoms with E-state index in [-0.39, 0.29) is 6.07 Å². The number of aromatic nitrogens is 1. The van der Waals surface area contributed by atoms with E-state index in [0.717, 1.165) is 7.11 Å². The molecule has 0 aromatic carbocycles. The van der Waals surface area contributed by atoms with Gasteiger partial charge in [-0.2, -0.15) is 13.2 Å². The number of hydrogen-bond acceptors (Lipinski definition) is 4. The molecule has 0 saturated carbocycles. The monoisotopic (exact) mass is 319 g/mol. The van der Waals surface area contributed by atoms with Crippen molar-refractivity contribution in [2.45, 2.75) is 19.0 Å². The fourth-order valence-electron chi connectivity index (χ4n) is 1.39. The van der Waals surface area contributed by atoms with Crippen molar-refractivity contribution < 1.29 is 45.7 Å². The van der Waals surface area contributed by atoms with Crippen LogP contribution in [-0.4, -0.2) is 29.5 Å². The number of halogens is 6. The number of nitrogens with zero attached hydrogens (tertiary/aromatic N) is 1. The van der Waals surface area contributed by atoms with Crippen molar-refractivity contribution in [2.75, 3.05) is 7.11 Å². The van der Waals surface area contributed by atoms with Gasteiger partial charge in [0.1, 0.15) is 0 Å². The Hall–Kier alpha value is -2.20. The quantitative estimate of drug-likeness (QED) is 0.864. The number of ether oxygens (including phenoxy) is 2. The summed E-state index contributed by atoms with van der Waals surface area (Å²) >= 11 is 0. The molecule has 0 atom stereocenters. The molecule has 5 nitrogen and oxygen atoms in total. The molecule has 0 bridgehead atoms. The third kappa shape index (κ3) is 4.68. The highest BCUT2D eigenvalue weighted by Gasteiger charge is 2.42. The number of aliphatic carboxylic acids is 1. The maximum Gasteiger partial charge on any atom is 0.573 e. The second-order valence-corrected chi connectivity index (χ2v) is 3.62. The van der Waals surface area contributed by atoms with Crippen LogP contribution in [0, 0.1) is 0 Å². The predicted molar refractivity (Wildman–Crippen MR) is 53.8 cm³/mol. The zero-order valence-electron chi connectivity index (χ0n) is 10.2. The minimum Gasteiger partial charge on any atom is -0.481 e. The number of methoxy groups -OCH3 is 1. The fourth-order valence-corrected chi connectivity index (χ4v) is 1.39. The summed E-state index contributed by atoms with van der Waals surface area (Å²) in [7, 11) is 0.901. The van der Waals surface area contributed by atoms with Crippen LogP contribution in [0.1, 0.15) is 11.3 Å². The number of hydrogen-bond donors (Lipinski definition) is 1. The first-order chi connectivity index (χ1) is 9.44. The van der Waals surface area contributed by atoms with Crippen molar-refractivity contribution in [3.8, 4) is 11.6 Å². The SMILES string of the molecule is COc1nc(C(F)(F)F)c(OC(F)(F)F)cc1CC(=O)O. The molecule has 1 N–H and O–H groups in total. The molecule has 1 heterocycles. The van der Waals surface area contributed by atoms with Crippen molar-refractivity contribution in [3.05, 3.63) is 17.3 Å². The zero-order chi connectivity index (χ0) is 16.4. The van der Waals surface area contributed by atoms with Crippen LogP contribution in [0.15, 0.2) is 6.07 Å². The lowest BCUT2D eigenvalue weighted by atomic mass is 10.1. The van der Waals surface area contributed by atoms with E-state index >= 15 is 0 Å². The molecule has 0 unspecified atom stereocenters. The van der Waals surface area contributed by atoms with Gasteiger partial charge in [-0.3, -0.25) is 4.79 Å². The van der Waals surface area contributed by atoms with Crippen molar-refractivity contribution in [1.29, 1.82) is 0 Å². The topological polar surface area (TPSA) is 68.7 Å². The number of carboxylic acid groups (broad SMARTS) is 1. The molecule has 118 valence electrons. The Kier molecular flexibility index (Phi) is 4.54. The molecule has 1 aromatic heterocycles. The molecule has 21 heavy (non-hydrogen) atoms. The summed E-state index contributed by atoms with van der Waals surface area (Å²) in [6, 6.07) is 0.288. The van der Waals surface area contributed by atoms with Crippen LogP contribution in [0.2, 0.25) is 0 Å². The highest BCUT2D eigenvalue weighted by Crippen LogP contribution is 2.39. The normalized spacial score (nSPS) is 12.1. The lowest BCUT2D eigenvalue weighted by Crippen LogP contribution is -2.22. The smallest absolute Gasteiger partial charge is 0.481 e. The Morgan fingerprint density at radius 1 is 1.29 bits per heavy atom. The highest BCUT2D eigenvalue weighted by molar-refractivity contribution is 5.71. The molecule has 11 heteroatoms. The number of pyridine rings is 1. The molecule has 0 spiro atoms. The first-order valence-corrected chi connectivity index (χ1v) is 5.06. The van der Waals surface area contributed by atoms with Crippen LogP contribution < -0.4 is 9.47 Å². The van der Waals surface area contributed by atoms with E-state index in [1.54, 1.807) is 0 Å². The van der Waals surface area contributed by atoms with Gasteiger partial charge in [-0.25, -0.2) is 4.98 Å². The van der Waals surface area contributed by atoms with E-state index in [1.165, 1.54) is 0 Å². The summed E-state index contributed by atoms with van der Waals surface area (Å²) in [5.41, 5.74) is -2.46. The Morgan fingerprint density at radius 2 is 1.86 bits per heavy atom. The third-order valence-corrected chi connectivity index (χ3v) is 2.06. The molecule has 0 saturated heterocycles. The van der Waals surface area contributed by atoms with E-state index < -0.39 is 47.8 Å². The van der Waals surface area contributed by atoms with Gasteiger partial charge in [0.05, 0.1) is 13.5 Å². The number of carboxylic acids is 1. The van der Waals surface area contributed by atoms with Gasteiger partial charge in [0.15, 0.2) is 11.4 Å². The standard InChI is InChI=1S/C10H7F6NO4/c1-20-8-4(3-6(18)19)2-5(21-10(14,15)16)7(17-8)9(11,12)13/h2H,3H2,1H3,(H,18,19). The maximum absolute atomic E-state index is 12.7. The molecular weight excluding hydrogens is 312 g/mol. The Balaban J connectivity index is 3.45. The van der Waals surface area contributed by atoms with E-state index in [4.69, 9.17) is 5.11 Å². The molecule has 0 aliphatic rings. The Morgan fingerprint density at radius 3 is 2.24 bits per heavy atom. The third-order valence-electron chi connectivity index (χ3n) is 2.06. The molecule has 0 aliphatic carbocycles. The van der Waals surface area contributed by atoms with Gasteiger partial charge in [0.2, 0.25) is 5.88 Å². The molecule has 0 fully saturated rings. The second kappa shape index (κ2) is 5.66. The minimum atomic E-state index is -5.39. The number of rotatable bonds is 4. The molecular formula is C10H7F6NO4. The van der Waals surface area contributed by atoms with Gasteiger partial charge in [0, 0.05) is 5.56 Å². The average molecular weight is 319 g/mol.